The van der Waals surface area contributed by atoms with Gasteiger partial charge in [0.2, 0.25) is 0 Å². The van der Waals surface area contributed by atoms with Crippen LogP contribution in [0, 0.1) is 0 Å². The van der Waals surface area contributed by atoms with Crippen LogP contribution in [0.25, 0.3) is 0 Å². The molecule has 0 unspecified atom stereocenters. The van der Waals surface area contributed by atoms with Crippen molar-refractivity contribution < 1.29 is 4.79 Å². The number of hydrogen-bond donors (Lipinski definition) is 1. The van der Waals surface area contributed by atoms with Crippen molar-refractivity contribution in [2.75, 3.05) is 52.4 Å². The van der Waals surface area contributed by atoms with Gasteiger partial charge in [-0.25, -0.2) is 4.79 Å². The first-order valence-corrected chi connectivity index (χ1v) is 6.74. The van der Waals surface area contributed by atoms with Crippen molar-refractivity contribution >= 4 is 6.03 Å². The van der Waals surface area contributed by atoms with E-state index in [1.54, 1.807) is 0 Å². The lowest BCUT2D eigenvalue weighted by Crippen LogP contribution is -2.62. The second kappa shape index (κ2) is 5.69. The number of nitrogens with zero attached hydrogens (tertiary/aromatic N) is 3. The van der Waals surface area contributed by atoms with E-state index in [1.807, 2.05) is 23.6 Å². The lowest BCUT2D eigenvalue weighted by Gasteiger charge is -2.44. The molecule has 2 aliphatic heterocycles. The Labute approximate surface area is 104 Å². The molecule has 0 aromatic carbocycles. The Morgan fingerprint density at radius 1 is 1.18 bits per heavy atom. The summed E-state index contributed by atoms with van der Waals surface area (Å²) in [6.45, 7) is 11.7. The number of rotatable bonds is 3. The highest BCUT2D eigenvalue weighted by Gasteiger charge is 2.30. The summed E-state index contributed by atoms with van der Waals surface area (Å²) in [6, 6.07) is 0.919. The third kappa shape index (κ3) is 2.72. The third-order valence-corrected chi connectivity index (χ3v) is 3.90. The van der Waals surface area contributed by atoms with E-state index in [9.17, 15) is 4.79 Å². The maximum Gasteiger partial charge on any atom is 0.320 e. The SMILES string of the molecule is CCN(CC)C(=O)N1CCN(C2CNC2)CC1. The molecule has 0 spiro atoms. The number of carbonyl (C=O) groups is 1. The van der Waals surface area contributed by atoms with Crippen LogP contribution in [0.4, 0.5) is 4.79 Å². The Morgan fingerprint density at radius 2 is 1.76 bits per heavy atom. The van der Waals surface area contributed by atoms with Crippen LogP contribution in [-0.4, -0.2) is 79.1 Å². The predicted octanol–water partition coefficient (Wildman–Crippen LogP) is 0.0376. The zero-order valence-corrected chi connectivity index (χ0v) is 11.0. The molecule has 0 bridgehead atoms. The number of carbonyl (C=O) groups excluding carboxylic acids is 1. The highest BCUT2D eigenvalue weighted by Crippen LogP contribution is 2.11. The summed E-state index contributed by atoms with van der Waals surface area (Å²) in [4.78, 5) is 18.5. The quantitative estimate of drug-likeness (QED) is 0.757. The normalized spacial score (nSPS) is 22.4. The Bertz CT molecular complexity index is 255. The average Bonchev–Trinajstić information content (AvgIpc) is 2.29. The molecule has 98 valence electrons. The fraction of sp³-hybridized carbons (Fsp3) is 0.917. The molecule has 2 fully saturated rings. The topological polar surface area (TPSA) is 38.8 Å². The van der Waals surface area contributed by atoms with Gasteiger partial charge in [0.1, 0.15) is 0 Å². The zero-order valence-electron chi connectivity index (χ0n) is 11.0. The van der Waals surface area contributed by atoms with Crippen molar-refractivity contribution in [3.05, 3.63) is 0 Å². The van der Waals surface area contributed by atoms with Gasteiger partial charge in [-0.05, 0) is 13.8 Å². The minimum atomic E-state index is 0.210. The molecule has 2 saturated heterocycles. The standard InChI is InChI=1S/C12H24N4O/c1-3-14(4-2)12(17)16-7-5-15(6-8-16)11-9-13-10-11/h11,13H,3-10H2,1-2H3. The smallest absolute Gasteiger partial charge is 0.320 e. The van der Waals surface area contributed by atoms with E-state index in [1.165, 1.54) is 0 Å². The second-order valence-corrected chi connectivity index (χ2v) is 4.79. The van der Waals surface area contributed by atoms with E-state index in [4.69, 9.17) is 0 Å². The fourth-order valence-corrected chi connectivity index (χ4v) is 2.50. The first kappa shape index (κ1) is 12.6. The van der Waals surface area contributed by atoms with Gasteiger partial charge in [0, 0.05) is 58.4 Å². The van der Waals surface area contributed by atoms with Crippen molar-refractivity contribution in [3.8, 4) is 0 Å². The van der Waals surface area contributed by atoms with Crippen LogP contribution >= 0.6 is 0 Å². The summed E-state index contributed by atoms with van der Waals surface area (Å²) in [7, 11) is 0. The molecule has 0 atom stereocenters. The molecule has 2 amide bonds. The molecule has 5 nitrogen and oxygen atoms in total. The molecule has 0 radical (unpaired) electrons. The van der Waals surface area contributed by atoms with Gasteiger partial charge in [-0.3, -0.25) is 4.90 Å². The van der Waals surface area contributed by atoms with Gasteiger partial charge >= 0.3 is 6.03 Å². The Kier molecular flexibility index (Phi) is 4.23. The monoisotopic (exact) mass is 240 g/mol. The maximum absolute atomic E-state index is 12.1. The van der Waals surface area contributed by atoms with Crippen molar-refractivity contribution in [3.63, 3.8) is 0 Å². The van der Waals surface area contributed by atoms with E-state index >= 15 is 0 Å². The average molecular weight is 240 g/mol. The summed E-state index contributed by atoms with van der Waals surface area (Å²) >= 11 is 0. The number of piperazine rings is 1. The molecular formula is C12H24N4O. The van der Waals surface area contributed by atoms with E-state index in [0.29, 0.717) is 6.04 Å². The van der Waals surface area contributed by atoms with Crippen LogP contribution in [0.2, 0.25) is 0 Å². The van der Waals surface area contributed by atoms with E-state index in [-0.39, 0.29) is 6.03 Å². The highest BCUT2D eigenvalue weighted by atomic mass is 16.2. The van der Waals surface area contributed by atoms with E-state index < -0.39 is 0 Å². The molecule has 2 heterocycles. The molecular weight excluding hydrogens is 216 g/mol. The van der Waals surface area contributed by atoms with Crippen molar-refractivity contribution in [2.24, 2.45) is 0 Å². The number of amides is 2. The first-order valence-electron chi connectivity index (χ1n) is 6.74. The number of nitrogens with one attached hydrogen (secondary N) is 1. The van der Waals surface area contributed by atoms with Gasteiger partial charge in [0.05, 0.1) is 0 Å². The van der Waals surface area contributed by atoms with Crippen LogP contribution in [0.1, 0.15) is 13.8 Å². The van der Waals surface area contributed by atoms with Crippen LogP contribution in [0.5, 0.6) is 0 Å². The summed E-state index contributed by atoms with van der Waals surface area (Å²) in [6.07, 6.45) is 0. The predicted molar refractivity (Wildman–Crippen MR) is 68.1 cm³/mol. The molecule has 0 saturated carbocycles. The summed E-state index contributed by atoms with van der Waals surface area (Å²) < 4.78 is 0. The maximum atomic E-state index is 12.1. The highest BCUT2D eigenvalue weighted by molar-refractivity contribution is 5.74. The molecule has 17 heavy (non-hydrogen) atoms. The number of urea groups is 1. The van der Waals surface area contributed by atoms with Gasteiger partial charge in [0.25, 0.3) is 0 Å². The molecule has 0 aliphatic carbocycles. The Morgan fingerprint density at radius 3 is 2.18 bits per heavy atom. The molecule has 0 aromatic rings. The van der Waals surface area contributed by atoms with Gasteiger partial charge in [-0.1, -0.05) is 0 Å². The summed E-state index contributed by atoms with van der Waals surface area (Å²) in [5.74, 6) is 0. The van der Waals surface area contributed by atoms with Crippen LogP contribution in [0.3, 0.4) is 0 Å². The minimum Gasteiger partial charge on any atom is -0.325 e. The summed E-state index contributed by atoms with van der Waals surface area (Å²) in [5, 5.41) is 3.30. The first-order chi connectivity index (χ1) is 8.26. The second-order valence-electron chi connectivity index (χ2n) is 4.79. The zero-order chi connectivity index (χ0) is 12.3. The van der Waals surface area contributed by atoms with E-state index in [2.05, 4.69) is 10.2 Å². The summed E-state index contributed by atoms with van der Waals surface area (Å²) in [5.41, 5.74) is 0. The van der Waals surface area contributed by atoms with Gasteiger partial charge < -0.3 is 15.1 Å². The van der Waals surface area contributed by atoms with Gasteiger partial charge in [-0.15, -0.1) is 0 Å². The molecule has 1 N–H and O–H groups in total. The van der Waals surface area contributed by atoms with E-state index in [0.717, 1.165) is 52.4 Å². The van der Waals surface area contributed by atoms with Crippen LogP contribution in [0.15, 0.2) is 0 Å². The largest absolute Gasteiger partial charge is 0.325 e. The molecule has 5 heteroatoms. The number of hydrogen-bond acceptors (Lipinski definition) is 3. The van der Waals surface area contributed by atoms with Crippen molar-refractivity contribution in [2.45, 2.75) is 19.9 Å². The molecule has 2 aliphatic rings. The van der Waals surface area contributed by atoms with Crippen LogP contribution in [-0.2, 0) is 0 Å². The Hall–Kier alpha value is -0.810. The van der Waals surface area contributed by atoms with Crippen molar-refractivity contribution in [1.29, 1.82) is 0 Å². The lowest BCUT2D eigenvalue weighted by atomic mass is 10.1. The van der Waals surface area contributed by atoms with Gasteiger partial charge in [-0.2, -0.15) is 0 Å². The third-order valence-electron chi connectivity index (χ3n) is 3.90. The molecule has 0 aromatic heterocycles. The lowest BCUT2D eigenvalue weighted by molar-refractivity contribution is 0.0741. The minimum absolute atomic E-state index is 0.210. The van der Waals surface area contributed by atoms with Crippen molar-refractivity contribution in [1.82, 2.24) is 20.0 Å². The van der Waals surface area contributed by atoms with Crippen LogP contribution < -0.4 is 5.32 Å². The van der Waals surface area contributed by atoms with Gasteiger partial charge in [0.15, 0.2) is 0 Å². The fourth-order valence-electron chi connectivity index (χ4n) is 2.50. The Balaban J connectivity index is 1.79. The molecule has 2 rings (SSSR count).